The minimum absolute atomic E-state index is 0.0416. The molecular formula is C22H16ClN3O3. The van der Waals surface area contributed by atoms with Gasteiger partial charge in [0.15, 0.2) is 0 Å². The second-order valence-electron chi connectivity index (χ2n) is 7.00. The van der Waals surface area contributed by atoms with Crippen molar-refractivity contribution in [3.8, 4) is 11.3 Å². The van der Waals surface area contributed by atoms with E-state index in [-0.39, 0.29) is 11.5 Å². The minimum Gasteiger partial charge on any atom is -0.422 e. The summed E-state index contributed by atoms with van der Waals surface area (Å²) < 4.78 is 5.33. The van der Waals surface area contributed by atoms with Crippen molar-refractivity contribution < 1.29 is 9.21 Å². The van der Waals surface area contributed by atoms with E-state index in [0.29, 0.717) is 30.1 Å². The molecule has 0 aliphatic carbocycles. The Morgan fingerprint density at radius 2 is 2.00 bits per heavy atom. The number of aromatic amines is 1. The van der Waals surface area contributed by atoms with Crippen LogP contribution in [0.3, 0.4) is 0 Å². The molecule has 1 aliphatic rings. The van der Waals surface area contributed by atoms with Gasteiger partial charge in [0, 0.05) is 46.7 Å². The van der Waals surface area contributed by atoms with E-state index in [1.807, 2.05) is 30.3 Å². The summed E-state index contributed by atoms with van der Waals surface area (Å²) in [5.74, 6) is -0.339. The van der Waals surface area contributed by atoms with Gasteiger partial charge in [0.25, 0.3) is 5.91 Å². The molecule has 0 saturated carbocycles. The quantitative estimate of drug-likeness (QED) is 0.510. The van der Waals surface area contributed by atoms with E-state index in [0.717, 1.165) is 27.9 Å². The number of fused-ring (bicyclic) bond motifs is 2. The van der Waals surface area contributed by atoms with E-state index in [1.165, 1.54) is 0 Å². The maximum Gasteiger partial charge on any atom is 0.349 e. The average molecular weight is 406 g/mol. The molecule has 3 heterocycles. The van der Waals surface area contributed by atoms with Crippen LogP contribution in [0.15, 0.2) is 63.8 Å². The van der Waals surface area contributed by atoms with Gasteiger partial charge in [0.05, 0.1) is 5.69 Å². The zero-order valence-corrected chi connectivity index (χ0v) is 16.1. The molecule has 1 amide bonds. The molecule has 1 aliphatic heterocycles. The highest BCUT2D eigenvalue weighted by molar-refractivity contribution is 6.30. The largest absolute Gasteiger partial charge is 0.422 e. The number of benzene rings is 2. The van der Waals surface area contributed by atoms with Gasteiger partial charge in [0.1, 0.15) is 11.1 Å². The third-order valence-corrected chi connectivity index (χ3v) is 5.43. The topological polar surface area (TPSA) is 79.2 Å². The van der Waals surface area contributed by atoms with Gasteiger partial charge in [-0.25, -0.2) is 4.79 Å². The number of rotatable bonds is 2. The average Bonchev–Trinajstić information content (AvgIpc) is 3.16. The number of H-pyrrole nitrogens is 1. The van der Waals surface area contributed by atoms with E-state index in [2.05, 4.69) is 10.2 Å². The second-order valence-corrected chi connectivity index (χ2v) is 7.44. The lowest BCUT2D eigenvalue weighted by Crippen LogP contribution is -2.38. The molecule has 6 nitrogen and oxygen atoms in total. The van der Waals surface area contributed by atoms with Gasteiger partial charge in [-0.15, -0.1) is 0 Å². The summed E-state index contributed by atoms with van der Waals surface area (Å²) in [5.41, 5.74) is 3.47. The third-order valence-electron chi connectivity index (χ3n) is 5.19. The van der Waals surface area contributed by atoms with Crippen LogP contribution >= 0.6 is 11.6 Å². The summed E-state index contributed by atoms with van der Waals surface area (Å²) in [6.45, 7) is 0.855. The molecule has 7 heteroatoms. The van der Waals surface area contributed by atoms with Crippen LogP contribution < -0.4 is 5.63 Å². The zero-order valence-electron chi connectivity index (χ0n) is 15.3. The fraction of sp³-hybridized carbons (Fsp3) is 0.136. The first-order valence-corrected chi connectivity index (χ1v) is 9.62. The SMILES string of the molecule is O=C(c1cc2ccccc2oc1=O)N1CCc2[nH]nc(-c3cccc(Cl)c3)c2C1. The first kappa shape index (κ1) is 17.7. The Balaban J connectivity index is 1.50. The molecule has 0 bridgehead atoms. The predicted molar refractivity (Wildman–Crippen MR) is 110 cm³/mol. The third kappa shape index (κ3) is 3.11. The zero-order chi connectivity index (χ0) is 20.0. The van der Waals surface area contributed by atoms with Gasteiger partial charge in [-0.3, -0.25) is 9.89 Å². The number of hydrogen-bond donors (Lipinski definition) is 1. The van der Waals surface area contributed by atoms with Crippen molar-refractivity contribution in [2.45, 2.75) is 13.0 Å². The second kappa shape index (κ2) is 6.90. The molecule has 2 aromatic heterocycles. The van der Waals surface area contributed by atoms with Gasteiger partial charge in [-0.05, 0) is 24.3 Å². The molecule has 0 spiro atoms. The Hall–Kier alpha value is -3.38. The van der Waals surface area contributed by atoms with Crippen molar-refractivity contribution in [3.05, 3.63) is 86.9 Å². The molecule has 0 atom stereocenters. The molecule has 0 fully saturated rings. The molecule has 0 saturated heterocycles. The highest BCUT2D eigenvalue weighted by Gasteiger charge is 2.28. The fourth-order valence-electron chi connectivity index (χ4n) is 3.72. The van der Waals surface area contributed by atoms with E-state index in [1.54, 1.807) is 29.2 Å². The van der Waals surface area contributed by atoms with Crippen LogP contribution in [0.5, 0.6) is 0 Å². The number of carbonyl (C=O) groups is 1. The normalized spacial score (nSPS) is 13.5. The number of nitrogens with one attached hydrogen (secondary N) is 1. The van der Waals surface area contributed by atoms with Crippen molar-refractivity contribution in [3.63, 3.8) is 0 Å². The Bertz CT molecular complexity index is 1310. The molecule has 5 rings (SSSR count). The lowest BCUT2D eigenvalue weighted by molar-refractivity contribution is 0.0730. The highest BCUT2D eigenvalue weighted by Crippen LogP contribution is 2.30. The van der Waals surface area contributed by atoms with Gasteiger partial charge < -0.3 is 9.32 Å². The highest BCUT2D eigenvalue weighted by atomic mass is 35.5. The maximum absolute atomic E-state index is 13.1. The first-order chi connectivity index (χ1) is 14.1. The molecule has 29 heavy (non-hydrogen) atoms. The Labute approximate surface area is 170 Å². The summed E-state index contributed by atoms with van der Waals surface area (Å²) in [5, 5.41) is 8.84. The lowest BCUT2D eigenvalue weighted by atomic mass is 10.0. The van der Waals surface area contributed by atoms with Crippen LogP contribution in [-0.2, 0) is 13.0 Å². The van der Waals surface area contributed by atoms with Crippen molar-refractivity contribution in [1.29, 1.82) is 0 Å². The summed E-state index contributed by atoms with van der Waals surface area (Å²) in [4.78, 5) is 27.2. The van der Waals surface area contributed by atoms with Crippen LogP contribution in [0.1, 0.15) is 21.6 Å². The molecule has 0 unspecified atom stereocenters. The molecule has 2 aromatic carbocycles. The van der Waals surface area contributed by atoms with Crippen LogP contribution in [0, 0.1) is 0 Å². The Morgan fingerprint density at radius 1 is 1.14 bits per heavy atom. The summed E-state index contributed by atoms with van der Waals surface area (Å²) in [6.07, 6.45) is 0.632. The standard InChI is InChI=1S/C22H16ClN3O3/c23-15-6-3-5-14(10-15)20-17-12-26(9-8-18(17)24-25-20)21(27)16-11-13-4-1-2-7-19(13)29-22(16)28/h1-7,10-11H,8-9,12H2,(H,24,25). The first-order valence-electron chi connectivity index (χ1n) is 9.24. The number of amides is 1. The summed E-state index contributed by atoms with van der Waals surface area (Å²) in [7, 11) is 0. The van der Waals surface area contributed by atoms with E-state index >= 15 is 0 Å². The van der Waals surface area contributed by atoms with Crippen LogP contribution in [0.2, 0.25) is 5.02 Å². The predicted octanol–water partition coefficient (Wildman–Crippen LogP) is 4.04. The molecular weight excluding hydrogens is 390 g/mol. The molecule has 0 radical (unpaired) electrons. The number of para-hydroxylation sites is 1. The van der Waals surface area contributed by atoms with E-state index < -0.39 is 5.63 Å². The van der Waals surface area contributed by atoms with Crippen molar-refractivity contribution in [2.24, 2.45) is 0 Å². The maximum atomic E-state index is 13.1. The van der Waals surface area contributed by atoms with Crippen molar-refractivity contribution in [1.82, 2.24) is 15.1 Å². The Kier molecular flexibility index (Phi) is 4.21. The van der Waals surface area contributed by atoms with Gasteiger partial charge in [-0.2, -0.15) is 5.10 Å². The van der Waals surface area contributed by atoms with Gasteiger partial charge in [0.2, 0.25) is 0 Å². The van der Waals surface area contributed by atoms with Crippen molar-refractivity contribution >= 4 is 28.5 Å². The number of nitrogens with zero attached hydrogens (tertiary/aromatic N) is 2. The van der Waals surface area contributed by atoms with Gasteiger partial charge in [-0.1, -0.05) is 41.9 Å². The molecule has 144 valence electrons. The fourth-order valence-corrected chi connectivity index (χ4v) is 3.91. The monoisotopic (exact) mass is 405 g/mol. The number of carbonyl (C=O) groups excluding carboxylic acids is 1. The van der Waals surface area contributed by atoms with E-state index in [4.69, 9.17) is 16.0 Å². The number of halogens is 1. The Morgan fingerprint density at radius 3 is 2.86 bits per heavy atom. The van der Waals surface area contributed by atoms with E-state index in [9.17, 15) is 9.59 Å². The molecule has 1 N–H and O–H groups in total. The van der Waals surface area contributed by atoms with Crippen LogP contribution in [0.4, 0.5) is 0 Å². The van der Waals surface area contributed by atoms with Crippen LogP contribution in [0.25, 0.3) is 22.2 Å². The van der Waals surface area contributed by atoms with Crippen LogP contribution in [-0.4, -0.2) is 27.5 Å². The van der Waals surface area contributed by atoms with Gasteiger partial charge >= 0.3 is 5.63 Å². The molecule has 4 aromatic rings. The smallest absolute Gasteiger partial charge is 0.349 e. The summed E-state index contributed by atoms with van der Waals surface area (Å²) in [6, 6.07) is 16.2. The number of hydrogen-bond acceptors (Lipinski definition) is 4. The van der Waals surface area contributed by atoms with Crippen molar-refractivity contribution in [2.75, 3.05) is 6.54 Å². The number of aromatic nitrogens is 2. The summed E-state index contributed by atoms with van der Waals surface area (Å²) >= 11 is 6.12. The minimum atomic E-state index is -0.623. The lowest BCUT2D eigenvalue weighted by Gasteiger charge is -2.27.